The molecule has 2 unspecified atom stereocenters. The summed E-state index contributed by atoms with van der Waals surface area (Å²) in [6.45, 7) is 5.60. The molecular weight excluding hydrogens is 250 g/mol. The van der Waals surface area contributed by atoms with Crippen molar-refractivity contribution in [2.75, 3.05) is 13.7 Å². The van der Waals surface area contributed by atoms with Crippen LogP contribution in [-0.4, -0.2) is 29.7 Å². The fourth-order valence-corrected chi connectivity index (χ4v) is 3.33. The SMILES string of the molecule is CCC1CCCCCN1C(C)c1ccc(OC)cc1O. The van der Waals surface area contributed by atoms with Crippen molar-refractivity contribution in [3.63, 3.8) is 0 Å². The van der Waals surface area contributed by atoms with Crippen LogP contribution in [0.25, 0.3) is 0 Å². The molecule has 0 amide bonds. The lowest BCUT2D eigenvalue weighted by atomic mass is 10.0. The van der Waals surface area contributed by atoms with Crippen molar-refractivity contribution in [1.29, 1.82) is 0 Å². The Labute approximate surface area is 122 Å². The molecule has 1 aromatic rings. The molecule has 0 saturated carbocycles. The summed E-state index contributed by atoms with van der Waals surface area (Å²) >= 11 is 0. The van der Waals surface area contributed by atoms with Crippen LogP contribution in [0.2, 0.25) is 0 Å². The Bertz CT molecular complexity index is 433. The van der Waals surface area contributed by atoms with Crippen LogP contribution in [0.1, 0.15) is 57.6 Å². The average Bonchev–Trinajstić information content (AvgIpc) is 2.71. The Morgan fingerprint density at radius 2 is 2.15 bits per heavy atom. The predicted molar refractivity (Wildman–Crippen MR) is 82.3 cm³/mol. The van der Waals surface area contributed by atoms with E-state index in [0.29, 0.717) is 17.5 Å². The number of benzene rings is 1. The highest BCUT2D eigenvalue weighted by Gasteiger charge is 2.26. The predicted octanol–water partition coefficient (Wildman–Crippen LogP) is 4.12. The summed E-state index contributed by atoms with van der Waals surface area (Å²) < 4.78 is 5.16. The van der Waals surface area contributed by atoms with Crippen LogP contribution in [0.15, 0.2) is 18.2 Å². The van der Waals surface area contributed by atoms with E-state index in [1.807, 2.05) is 12.1 Å². The first-order chi connectivity index (χ1) is 9.67. The zero-order valence-electron chi connectivity index (χ0n) is 12.9. The average molecular weight is 277 g/mol. The summed E-state index contributed by atoms with van der Waals surface area (Å²) in [6.07, 6.45) is 6.38. The third kappa shape index (κ3) is 3.26. The van der Waals surface area contributed by atoms with E-state index in [2.05, 4.69) is 18.7 Å². The molecule has 1 saturated heterocycles. The van der Waals surface area contributed by atoms with Gasteiger partial charge in [0, 0.05) is 23.7 Å². The van der Waals surface area contributed by atoms with Crippen molar-refractivity contribution in [3.8, 4) is 11.5 Å². The van der Waals surface area contributed by atoms with Gasteiger partial charge in [-0.05, 0) is 38.8 Å². The number of rotatable bonds is 4. The molecule has 3 nitrogen and oxygen atoms in total. The fraction of sp³-hybridized carbons (Fsp3) is 0.647. The molecule has 20 heavy (non-hydrogen) atoms. The minimum Gasteiger partial charge on any atom is -0.507 e. The molecule has 1 aliphatic rings. The molecule has 1 fully saturated rings. The van der Waals surface area contributed by atoms with Gasteiger partial charge in [0.1, 0.15) is 11.5 Å². The molecule has 1 N–H and O–H groups in total. The number of likely N-dealkylation sites (tertiary alicyclic amines) is 1. The molecule has 2 atom stereocenters. The monoisotopic (exact) mass is 277 g/mol. The van der Waals surface area contributed by atoms with E-state index in [1.54, 1.807) is 13.2 Å². The minimum absolute atomic E-state index is 0.254. The van der Waals surface area contributed by atoms with Crippen molar-refractivity contribution < 1.29 is 9.84 Å². The van der Waals surface area contributed by atoms with E-state index < -0.39 is 0 Å². The molecule has 0 spiro atoms. The van der Waals surface area contributed by atoms with Gasteiger partial charge in [-0.15, -0.1) is 0 Å². The van der Waals surface area contributed by atoms with Gasteiger partial charge in [-0.3, -0.25) is 4.90 Å². The van der Waals surface area contributed by atoms with E-state index in [1.165, 1.54) is 32.1 Å². The molecule has 0 radical (unpaired) electrons. The van der Waals surface area contributed by atoms with Crippen molar-refractivity contribution in [1.82, 2.24) is 4.90 Å². The highest BCUT2D eigenvalue weighted by molar-refractivity contribution is 5.41. The number of hydrogen-bond acceptors (Lipinski definition) is 3. The molecule has 112 valence electrons. The first-order valence-electron chi connectivity index (χ1n) is 7.80. The Hall–Kier alpha value is -1.22. The number of methoxy groups -OCH3 is 1. The van der Waals surface area contributed by atoms with Crippen LogP contribution in [-0.2, 0) is 0 Å². The summed E-state index contributed by atoms with van der Waals surface area (Å²) in [5.41, 5.74) is 1.01. The topological polar surface area (TPSA) is 32.7 Å². The van der Waals surface area contributed by atoms with Crippen molar-refractivity contribution in [3.05, 3.63) is 23.8 Å². The smallest absolute Gasteiger partial charge is 0.124 e. The van der Waals surface area contributed by atoms with E-state index in [4.69, 9.17) is 4.74 Å². The third-order valence-electron chi connectivity index (χ3n) is 4.58. The molecule has 0 aliphatic carbocycles. The maximum atomic E-state index is 10.2. The van der Waals surface area contributed by atoms with Crippen LogP contribution in [0, 0.1) is 0 Å². The van der Waals surface area contributed by atoms with Gasteiger partial charge >= 0.3 is 0 Å². The second-order valence-corrected chi connectivity index (χ2v) is 5.75. The standard InChI is InChI=1S/C17H27NO2/c1-4-14-8-6-5-7-11-18(14)13(2)16-10-9-15(20-3)12-17(16)19/h9-10,12-14,19H,4-8,11H2,1-3H3. The maximum Gasteiger partial charge on any atom is 0.124 e. The van der Waals surface area contributed by atoms with E-state index >= 15 is 0 Å². The zero-order valence-corrected chi connectivity index (χ0v) is 12.9. The van der Waals surface area contributed by atoms with Crippen molar-refractivity contribution in [2.24, 2.45) is 0 Å². The fourth-order valence-electron chi connectivity index (χ4n) is 3.33. The lowest BCUT2D eigenvalue weighted by molar-refractivity contribution is 0.140. The van der Waals surface area contributed by atoms with Crippen molar-refractivity contribution >= 4 is 0 Å². The summed E-state index contributed by atoms with van der Waals surface area (Å²) in [7, 11) is 1.62. The first kappa shape index (κ1) is 15.2. The number of phenols is 1. The molecule has 2 rings (SSSR count). The van der Waals surface area contributed by atoms with Gasteiger partial charge in [-0.25, -0.2) is 0 Å². The van der Waals surface area contributed by atoms with Gasteiger partial charge in [-0.2, -0.15) is 0 Å². The molecule has 1 heterocycles. The Morgan fingerprint density at radius 1 is 1.35 bits per heavy atom. The van der Waals surface area contributed by atoms with Crippen molar-refractivity contribution in [2.45, 2.75) is 58.0 Å². The highest BCUT2D eigenvalue weighted by atomic mass is 16.5. The largest absolute Gasteiger partial charge is 0.507 e. The van der Waals surface area contributed by atoms with Crippen LogP contribution in [0.5, 0.6) is 11.5 Å². The maximum absolute atomic E-state index is 10.2. The number of hydrogen-bond donors (Lipinski definition) is 1. The van der Waals surface area contributed by atoms with Crippen LogP contribution >= 0.6 is 0 Å². The normalized spacial score (nSPS) is 22.2. The third-order valence-corrected chi connectivity index (χ3v) is 4.58. The van der Waals surface area contributed by atoms with Crippen LogP contribution < -0.4 is 4.74 Å². The quantitative estimate of drug-likeness (QED) is 0.898. The molecule has 1 aromatic carbocycles. The van der Waals surface area contributed by atoms with Gasteiger partial charge in [0.15, 0.2) is 0 Å². The minimum atomic E-state index is 0.254. The van der Waals surface area contributed by atoms with Gasteiger partial charge in [-0.1, -0.05) is 25.8 Å². The van der Waals surface area contributed by atoms with Gasteiger partial charge in [0.2, 0.25) is 0 Å². The summed E-state index contributed by atoms with van der Waals surface area (Å²) in [5.74, 6) is 1.05. The summed E-state index contributed by atoms with van der Waals surface area (Å²) in [4.78, 5) is 2.56. The Balaban J connectivity index is 2.21. The van der Waals surface area contributed by atoms with Crippen LogP contribution in [0.3, 0.4) is 0 Å². The summed E-state index contributed by atoms with van der Waals surface area (Å²) in [5, 5.41) is 10.2. The van der Waals surface area contributed by atoms with E-state index in [-0.39, 0.29) is 6.04 Å². The second-order valence-electron chi connectivity index (χ2n) is 5.75. The molecule has 0 bridgehead atoms. The van der Waals surface area contributed by atoms with Crippen LogP contribution in [0.4, 0.5) is 0 Å². The molecule has 0 aromatic heterocycles. The molecule has 1 aliphatic heterocycles. The Kier molecular flexibility index (Phi) is 5.30. The summed E-state index contributed by atoms with van der Waals surface area (Å²) in [6, 6.07) is 6.53. The lowest BCUT2D eigenvalue weighted by Crippen LogP contribution is -2.36. The Morgan fingerprint density at radius 3 is 2.80 bits per heavy atom. The molecular formula is C17H27NO2. The highest BCUT2D eigenvalue weighted by Crippen LogP contribution is 2.35. The zero-order chi connectivity index (χ0) is 14.5. The van der Waals surface area contributed by atoms with E-state index in [9.17, 15) is 5.11 Å². The number of nitrogens with zero attached hydrogens (tertiary/aromatic N) is 1. The number of aromatic hydroxyl groups is 1. The number of phenolic OH excluding ortho intramolecular Hbond substituents is 1. The first-order valence-corrected chi connectivity index (χ1v) is 7.80. The van der Waals surface area contributed by atoms with Gasteiger partial charge in [0.05, 0.1) is 7.11 Å². The molecule has 3 heteroatoms. The number of ether oxygens (including phenoxy) is 1. The lowest BCUT2D eigenvalue weighted by Gasteiger charge is -2.35. The van der Waals surface area contributed by atoms with Gasteiger partial charge in [0.25, 0.3) is 0 Å². The second kappa shape index (κ2) is 6.98. The van der Waals surface area contributed by atoms with E-state index in [0.717, 1.165) is 12.1 Å². The van der Waals surface area contributed by atoms with Gasteiger partial charge < -0.3 is 9.84 Å².